The van der Waals surface area contributed by atoms with E-state index in [1.54, 1.807) is 16.0 Å². The van der Waals surface area contributed by atoms with Crippen molar-refractivity contribution in [1.82, 2.24) is 14.8 Å². The molecule has 0 spiro atoms. The largest absolute Gasteiger partial charge is 0.322 e. The quantitative estimate of drug-likeness (QED) is 0.731. The number of carbonyl (C=O) groups excluding carboxylic acids is 1. The molecule has 23 heavy (non-hydrogen) atoms. The molecule has 0 saturated heterocycles. The minimum absolute atomic E-state index is 0.0338. The first-order chi connectivity index (χ1) is 11.0. The van der Waals surface area contributed by atoms with Crippen LogP contribution in [0.15, 0.2) is 28.6 Å². The number of para-hydroxylation sites is 1. The van der Waals surface area contributed by atoms with Gasteiger partial charge in [-0.25, -0.2) is 4.98 Å². The summed E-state index contributed by atoms with van der Waals surface area (Å²) < 4.78 is 3.83. The molecule has 0 aliphatic heterocycles. The highest BCUT2D eigenvalue weighted by atomic mass is 32.2. The predicted octanol–water partition coefficient (Wildman–Crippen LogP) is 3.77. The van der Waals surface area contributed by atoms with Crippen molar-refractivity contribution in [3.63, 3.8) is 0 Å². The molecular formula is C16H18N4OS2. The Bertz CT molecular complexity index is 835. The summed E-state index contributed by atoms with van der Waals surface area (Å²) in [5.74, 6) is -0.0338. The van der Waals surface area contributed by atoms with Crippen LogP contribution in [0.5, 0.6) is 0 Å². The lowest BCUT2D eigenvalue weighted by atomic mass is 10.3. The molecule has 1 atom stereocenters. The van der Waals surface area contributed by atoms with Gasteiger partial charge in [-0.15, -0.1) is 11.3 Å². The smallest absolute Gasteiger partial charge is 0.237 e. The van der Waals surface area contributed by atoms with E-state index in [1.807, 2.05) is 52.1 Å². The Hall–Kier alpha value is -1.86. The number of benzene rings is 1. The maximum Gasteiger partial charge on any atom is 0.237 e. The average Bonchev–Trinajstić information content (AvgIpc) is 3.02. The first-order valence-electron chi connectivity index (χ1n) is 7.29. The Morgan fingerprint density at radius 2 is 2.09 bits per heavy atom. The van der Waals surface area contributed by atoms with Crippen LogP contribution < -0.4 is 5.32 Å². The number of amides is 1. The topological polar surface area (TPSA) is 59.8 Å². The highest BCUT2D eigenvalue weighted by molar-refractivity contribution is 8.02. The van der Waals surface area contributed by atoms with Gasteiger partial charge in [0.2, 0.25) is 5.91 Å². The van der Waals surface area contributed by atoms with Gasteiger partial charge in [0.1, 0.15) is 0 Å². The fraction of sp³-hybridized carbons (Fsp3) is 0.312. The lowest BCUT2D eigenvalue weighted by Gasteiger charge is -2.10. The van der Waals surface area contributed by atoms with Crippen LogP contribution in [0.3, 0.4) is 0 Å². The summed E-state index contributed by atoms with van der Waals surface area (Å²) in [6.45, 7) is 5.74. The molecule has 0 bridgehead atoms. The Kier molecular flexibility index (Phi) is 4.41. The van der Waals surface area contributed by atoms with Crippen LogP contribution in [0.25, 0.3) is 10.2 Å². The molecule has 7 heteroatoms. The van der Waals surface area contributed by atoms with Crippen molar-refractivity contribution < 1.29 is 4.79 Å². The monoisotopic (exact) mass is 346 g/mol. The number of thiazole rings is 1. The van der Waals surface area contributed by atoms with Crippen molar-refractivity contribution in [2.45, 2.75) is 30.4 Å². The summed E-state index contributed by atoms with van der Waals surface area (Å²) >= 11 is 3.10. The summed E-state index contributed by atoms with van der Waals surface area (Å²) in [5.41, 5.74) is 3.56. The molecule has 3 aromatic rings. The van der Waals surface area contributed by atoms with Crippen LogP contribution in [0.4, 0.5) is 5.69 Å². The third-order valence-corrected chi connectivity index (χ3v) is 5.91. The van der Waals surface area contributed by atoms with Gasteiger partial charge in [0, 0.05) is 7.05 Å². The van der Waals surface area contributed by atoms with E-state index in [4.69, 9.17) is 0 Å². The van der Waals surface area contributed by atoms with Crippen LogP contribution in [0, 0.1) is 13.8 Å². The predicted molar refractivity (Wildman–Crippen MR) is 96.3 cm³/mol. The van der Waals surface area contributed by atoms with Crippen LogP contribution in [0.1, 0.15) is 18.3 Å². The van der Waals surface area contributed by atoms with Gasteiger partial charge < -0.3 is 5.32 Å². The van der Waals surface area contributed by atoms with Crippen molar-refractivity contribution in [3.05, 3.63) is 35.7 Å². The van der Waals surface area contributed by atoms with Crippen molar-refractivity contribution in [2.24, 2.45) is 7.05 Å². The zero-order chi connectivity index (χ0) is 16.6. The Morgan fingerprint density at radius 1 is 1.35 bits per heavy atom. The zero-order valence-corrected chi connectivity index (χ0v) is 15.1. The molecule has 120 valence electrons. The molecule has 3 rings (SSSR count). The molecule has 1 aromatic carbocycles. The van der Waals surface area contributed by atoms with E-state index < -0.39 is 0 Å². The SMILES string of the molecule is Cc1nn(C)c(C)c1NC(=O)[C@H](C)Sc1nc2ccccc2s1. The maximum absolute atomic E-state index is 12.5. The van der Waals surface area contributed by atoms with Gasteiger partial charge in [-0.05, 0) is 32.9 Å². The molecule has 0 aliphatic rings. The maximum atomic E-state index is 12.5. The number of nitrogens with one attached hydrogen (secondary N) is 1. The molecular weight excluding hydrogens is 328 g/mol. The molecule has 0 fully saturated rings. The van der Waals surface area contributed by atoms with Crippen LogP contribution in [0.2, 0.25) is 0 Å². The lowest BCUT2D eigenvalue weighted by molar-refractivity contribution is -0.115. The van der Waals surface area contributed by atoms with Crippen LogP contribution in [-0.2, 0) is 11.8 Å². The molecule has 1 amide bonds. The normalized spacial score (nSPS) is 12.5. The molecule has 2 aromatic heterocycles. The number of carbonyl (C=O) groups is 1. The number of aromatic nitrogens is 3. The minimum atomic E-state index is -0.227. The Morgan fingerprint density at radius 3 is 2.74 bits per heavy atom. The summed E-state index contributed by atoms with van der Waals surface area (Å²) in [7, 11) is 1.87. The Balaban J connectivity index is 1.72. The van der Waals surface area contributed by atoms with E-state index in [-0.39, 0.29) is 11.2 Å². The number of hydrogen-bond donors (Lipinski definition) is 1. The summed E-state index contributed by atoms with van der Waals surface area (Å²) in [6, 6.07) is 8.01. The molecule has 5 nitrogen and oxygen atoms in total. The number of nitrogens with zero attached hydrogens (tertiary/aromatic N) is 3. The second-order valence-corrected chi connectivity index (χ2v) is 7.98. The summed E-state index contributed by atoms with van der Waals surface area (Å²) in [6.07, 6.45) is 0. The zero-order valence-electron chi connectivity index (χ0n) is 13.5. The molecule has 2 heterocycles. The first kappa shape index (κ1) is 16.0. The highest BCUT2D eigenvalue weighted by Crippen LogP contribution is 2.32. The van der Waals surface area contributed by atoms with Crippen molar-refractivity contribution in [2.75, 3.05) is 5.32 Å². The molecule has 0 radical (unpaired) electrons. The fourth-order valence-electron chi connectivity index (χ4n) is 2.29. The van der Waals surface area contributed by atoms with E-state index in [9.17, 15) is 4.79 Å². The van der Waals surface area contributed by atoms with E-state index in [1.165, 1.54) is 11.8 Å². The van der Waals surface area contributed by atoms with Crippen molar-refractivity contribution >= 4 is 44.9 Å². The van der Waals surface area contributed by atoms with Gasteiger partial charge in [-0.2, -0.15) is 5.10 Å². The van der Waals surface area contributed by atoms with Crippen molar-refractivity contribution in [1.29, 1.82) is 0 Å². The standard InChI is InChI=1S/C16H18N4OS2/c1-9-14(10(2)20(4)19-9)18-15(21)11(3)22-16-17-12-7-5-6-8-13(12)23-16/h5-8,11H,1-4H3,(H,18,21)/t11-/m0/s1. The van der Waals surface area contributed by atoms with Gasteiger partial charge in [-0.3, -0.25) is 9.48 Å². The van der Waals surface area contributed by atoms with Gasteiger partial charge >= 0.3 is 0 Å². The molecule has 0 unspecified atom stereocenters. The fourth-order valence-corrected chi connectivity index (χ4v) is 4.50. The number of hydrogen-bond acceptors (Lipinski definition) is 5. The second kappa shape index (κ2) is 6.33. The van der Waals surface area contributed by atoms with Gasteiger partial charge in [0.05, 0.1) is 32.5 Å². The third kappa shape index (κ3) is 3.25. The third-order valence-electron chi connectivity index (χ3n) is 3.68. The molecule has 0 aliphatic carbocycles. The minimum Gasteiger partial charge on any atom is -0.322 e. The van der Waals surface area contributed by atoms with E-state index in [0.29, 0.717) is 0 Å². The Labute approximate surface area is 143 Å². The first-order valence-corrected chi connectivity index (χ1v) is 8.98. The average molecular weight is 346 g/mol. The molecule has 0 saturated carbocycles. The lowest BCUT2D eigenvalue weighted by Crippen LogP contribution is -2.23. The summed E-state index contributed by atoms with van der Waals surface area (Å²) in [4.78, 5) is 17.0. The second-order valence-electron chi connectivity index (χ2n) is 5.37. The number of fused-ring (bicyclic) bond motifs is 1. The van der Waals surface area contributed by atoms with E-state index in [0.717, 1.165) is 31.6 Å². The van der Waals surface area contributed by atoms with E-state index >= 15 is 0 Å². The summed E-state index contributed by atoms with van der Waals surface area (Å²) in [5, 5.41) is 7.08. The number of rotatable bonds is 4. The number of aryl methyl sites for hydroxylation is 2. The molecule has 1 N–H and O–H groups in total. The number of anilines is 1. The van der Waals surface area contributed by atoms with E-state index in [2.05, 4.69) is 15.4 Å². The van der Waals surface area contributed by atoms with Crippen LogP contribution >= 0.6 is 23.1 Å². The number of thioether (sulfide) groups is 1. The van der Waals surface area contributed by atoms with Crippen molar-refractivity contribution in [3.8, 4) is 0 Å². The van der Waals surface area contributed by atoms with Gasteiger partial charge in [-0.1, -0.05) is 23.9 Å². The van der Waals surface area contributed by atoms with Gasteiger partial charge in [0.15, 0.2) is 4.34 Å². The highest BCUT2D eigenvalue weighted by Gasteiger charge is 2.20. The van der Waals surface area contributed by atoms with Gasteiger partial charge in [0.25, 0.3) is 0 Å². The van der Waals surface area contributed by atoms with Crippen LogP contribution in [-0.4, -0.2) is 25.9 Å².